The van der Waals surface area contributed by atoms with Crippen LogP contribution in [-0.2, 0) is 0 Å². The molecule has 2 aromatic carbocycles. The molecule has 1 fully saturated rings. The minimum absolute atomic E-state index is 0.0466. The number of aliphatic hydroxyl groups excluding tert-OH is 1. The molecule has 24 heavy (non-hydrogen) atoms. The number of hydrogen-bond acceptors (Lipinski definition) is 3. The van der Waals surface area contributed by atoms with Crippen LogP contribution in [0.4, 0.5) is 0 Å². The van der Waals surface area contributed by atoms with Gasteiger partial charge in [-0.2, -0.15) is 0 Å². The van der Waals surface area contributed by atoms with Crippen LogP contribution in [0.2, 0.25) is 0 Å². The van der Waals surface area contributed by atoms with Gasteiger partial charge in [0.25, 0.3) is 5.91 Å². The highest BCUT2D eigenvalue weighted by Crippen LogP contribution is 2.31. The third kappa shape index (κ3) is 3.60. The zero-order valence-electron chi connectivity index (χ0n) is 13.9. The molecule has 0 aromatic heterocycles. The van der Waals surface area contributed by atoms with Crippen LogP contribution in [0.1, 0.15) is 34.9 Å². The summed E-state index contributed by atoms with van der Waals surface area (Å²) >= 11 is 0. The molecular weight excluding hydrogens is 302 g/mol. The molecule has 0 radical (unpaired) electrons. The van der Waals surface area contributed by atoms with Crippen LogP contribution in [0.25, 0.3) is 0 Å². The van der Waals surface area contributed by atoms with Gasteiger partial charge in [0.05, 0.1) is 13.2 Å². The van der Waals surface area contributed by atoms with Crippen molar-refractivity contribution in [3.05, 3.63) is 65.7 Å². The first kappa shape index (κ1) is 16.5. The molecule has 1 unspecified atom stereocenters. The Balaban J connectivity index is 1.59. The summed E-state index contributed by atoms with van der Waals surface area (Å²) in [6.07, 6.45) is 1.18. The minimum atomic E-state index is -0.454. The number of piperidine rings is 1. The van der Waals surface area contributed by atoms with Crippen molar-refractivity contribution >= 4 is 5.91 Å². The standard InChI is InChI=1S/C20H23NO3/c1-24-18-9-7-17(8-10-18)20(23)21-13-11-16(12-14-21)19(22)15-5-3-2-4-6-15/h2-10,16,19,22H,11-14H2,1H3. The van der Waals surface area contributed by atoms with Crippen molar-refractivity contribution < 1.29 is 14.6 Å². The number of methoxy groups -OCH3 is 1. The van der Waals surface area contributed by atoms with E-state index in [0.717, 1.165) is 24.2 Å². The molecule has 0 aliphatic carbocycles. The molecule has 4 nitrogen and oxygen atoms in total. The molecule has 1 N–H and O–H groups in total. The zero-order valence-corrected chi connectivity index (χ0v) is 13.9. The zero-order chi connectivity index (χ0) is 16.9. The van der Waals surface area contributed by atoms with E-state index in [1.54, 1.807) is 31.4 Å². The van der Waals surface area contributed by atoms with Crippen LogP contribution in [0.5, 0.6) is 5.75 Å². The number of rotatable bonds is 4. The van der Waals surface area contributed by atoms with Crippen molar-refractivity contribution in [3.63, 3.8) is 0 Å². The summed E-state index contributed by atoms with van der Waals surface area (Å²) in [7, 11) is 1.61. The molecular formula is C20H23NO3. The van der Waals surface area contributed by atoms with Crippen molar-refractivity contribution in [2.24, 2.45) is 5.92 Å². The average Bonchev–Trinajstić information content (AvgIpc) is 2.68. The van der Waals surface area contributed by atoms with Gasteiger partial charge < -0.3 is 14.7 Å². The highest BCUT2D eigenvalue weighted by Gasteiger charge is 2.28. The van der Waals surface area contributed by atoms with Gasteiger partial charge in [-0.15, -0.1) is 0 Å². The molecule has 1 atom stereocenters. The second kappa shape index (κ2) is 7.49. The smallest absolute Gasteiger partial charge is 0.253 e. The largest absolute Gasteiger partial charge is 0.497 e. The van der Waals surface area contributed by atoms with Crippen molar-refractivity contribution in [3.8, 4) is 5.75 Å². The minimum Gasteiger partial charge on any atom is -0.497 e. The predicted octanol–water partition coefficient (Wildman–Crippen LogP) is 3.28. The number of aliphatic hydroxyl groups is 1. The number of nitrogens with zero attached hydrogens (tertiary/aromatic N) is 1. The second-order valence-corrected chi connectivity index (χ2v) is 6.21. The average molecular weight is 325 g/mol. The van der Waals surface area contributed by atoms with Gasteiger partial charge in [-0.3, -0.25) is 4.79 Å². The van der Waals surface area contributed by atoms with Gasteiger partial charge in [0.15, 0.2) is 0 Å². The maximum Gasteiger partial charge on any atom is 0.253 e. The van der Waals surface area contributed by atoms with Gasteiger partial charge in [-0.05, 0) is 48.6 Å². The molecule has 0 bridgehead atoms. The van der Waals surface area contributed by atoms with Crippen molar-refractivity contribution in [2.75, 3.05) is 20.2 Å². The van der Waals surface area contributed by atoms with E-state index < -0.39 is 6.10 Å². The lowest BCUT2D eigenvalue weighted by molar-refractivity contribution is 0.0462. The summed E-state index contributed by atoms with van der Waals surface area (Å²) in [4.78, 5) is 14.4. The monoisotopic (exact) mass is 325 g/mol. The number of amides is 1. The van der Waals surface area contributed by atoms with Crippen molar-refractivity contribution in [2.45, 2.75) is 18.9 Å². The maximum absolute atomic E-state index is 12.6. The van der Waals surface area contributed by atoms with E-state index in [1.165, 1.54) is 0 Å². The SMILES string of the molecule is COc1ccc(C(=O)N2CCC(C(O)c3ccccc3)CC2)cc1. The van der Waals surface area contributed by atoms with Crippen LogP contribution in [0, 0.1) is 5.92 Å². The fourth-order valence-electron chi connectivity index (χ4n) is 3.26. The molecule has 1 amide bonds. The molecule has 1 saturated heterocycles. The van der Waals surface area contributed by atoms with Gasteiger partial charge in [-0.1, -0.05) is 30.3 Å². The summed E-state index contributed by atoms with van der Waals surface area (Å²) in [5.41, 5.74) is 1.63. The Morgan fingerprint density at radius 1 is 1.08 bits per heavy atom. The number of benzene rings is 2. The van der Waals surface area contributed by atoms with Crippen LogP contribution in [-0.4, -0.2) is 36.1 Å². The highest BCUT2D eigenvalue weighted by molar-refractivity contribution is 5.94. The highest BCUT2D eigenvalue weighted by atomic mass is 16.5. The first-order chi connectivity index (χ1) is 11.7. The van der Waals surface area contributed by atoms with Gasteiger partial charge in [0, 0.05) is 18.7 Å². The van der Waals surface area contributed by atoms with E-state index in [-0.39, 0.29) is 11.8 Å². The molecule has 0 saturated carbocycles. The Bertz CT molecular complexity index is 661. The topological polar surface area (TPSA) is 49.8 Å². The number of carbonyl (C=O) groups is 1. The Hall–Kier alpha value is -2.33. The Morgan fingerprint density at radius 2 is 1.71 bits per heavy atom. The van der Waals surface area contributed by atoms with Crippen molar-refractivity contribution in [1.82, 2.24) is 4.90 Å². The third-order valence-electron chi connectivity index (χ3n) is 4.75. The lowest BCUT2D eigenvalue weighted by Gasteiger charge is -2.34. The van der Waals surface area contributed by atoms with Crippen LogP contribution < -0.4 is 4.74 Å². The first-order valence-corrected chi connectivity index (χ1v) is 8.35. The lowest BCUT2D eigenvalue weighted by atomic mass is 9.87. The quantitative estimate of drug-likeness (QED) is 0.938. The normalized spacial score (nSPS) is 16.7. The number of ether oxygens (including phenoxy) is 1. The molecule has 1 aliphatic rings. The van der Waals surface area contributed by atoms with Gasteiger partial charge in [0.2, 0.25) is 0 Å². The van der Waals surface area contributed by atoms with E-state index in [0.29, 0.717) is 18.7 Å². The fourth-order valence-corrected chi connectivity index (χ4v) is 3.26. The van der Waals surface area contributed by atoms with E-state index in [2.05, 4.69) is 0 Å². The van der Waals surface area contributed by atoms with Gasteiger partial charge in [0.1, 0.15) is 5.75 Å². The second-order valence-electron chi connectivity index (χ2n) is 6.21. The molecule has 0 spiro atoms. The van der Waals surface area contributed by atoms with Crippen molar-refractivity contribution in [1.29, 1.82) is 0 Å². The molecule has 2 aromatic rings. The molecule has 4 heteroatoms. The number of hydrogen-bond donors (Lipinski definition) is 1. The number of likely N-dealkylation sites (tertiary alicyclic amines) is 1. The van der Waals surface area contributed by atoms with E-state index in [1.807, 2.05) is 35.2 Å². The summed E-state index contributed by atoms with van der Waals surface area (Å²) in [5, 5.41) is 10.5. The maximum atomic E-state index is 12.6. The van der Waals surface area contributed by atoms with E-state index in [4.69, 9.17) is 4.74 Å². The van der Waals surface area contributed by atoms with Gasteiger partial charge in [-0.25, -0.2) is 0 Å². The molecule has 3 rings (SSSR count). The van der Waals surface area contributed by atoms with Crippen LogP contribution in [0.3, 0.4) is 0 Å². The Kier molecular flexibility index (Phi) is 5.16. The third-order valence-corrected chi connectivity index (χ3v) is 4.75. The molecule has 1 heterocycles. The predicted molar refractivity (Wildman–Crippen MR) is 93.0 cm³/mol. The summed E-state index contributed by atoms with van der Waals surface area (Å²) < 4.78 is 5.12. The first-order valence-electron chi connectivity index (χ1n) is 8.35. The van der Waals surface area contributed by atoms with E-state index >= 15 is 0 Å². The van der Waals surface area contributed by atoms with E-state index in [9.17, 15) is 9.90 Å². The number of carbonyl (C=O) groups excluding carboxylic acids is 1. The van der Waals surface area contributed by atoms with Gasteiger partial charge >= 0.3 is 0 Å². The Morgan fingerprint density at radius 3 is 2.29 bits per heavy atom. The molecule has 1 aliphatic heterocycles. The molecule has 126 valence electrons. The summed E-state index contributed by atoms with van der Waals surface area (Å²) in [6, 6.07) is 17.0. The lowest BCUT2D eigenvalue weighted by Crippen LogP contribution is -2.39. The van der Waals surface area contributed by atoms with Crippen LogP contribution >= 0.6 is 0 Å². The Labute approximate surface area is 142 Å². The summed E-state index contributed by atoms with van der Waals surface area (Å²) in [5.74, 6) is 0.994. The van der Waals surface area contributed by atoms with Crippen LogP contribution in [0.15, 0.2) is 54.6 Å². The fraction of sp³-hybridized carbons (Fsp3) is 0.350. The summed E-state index contributed by atoms with van der Waals surface area (Å²) in [6.45, 7) is 1.36.